The van der Waals surface area contributed by atoms with Gasteiger partial charge in [0.2, 0.25) is 0 Å². The molecule has 7 nitrogen and oxygen atoms in total. The van der Waals surface area contributed by atoms with E-state index < -0.39 is 21.7 Å². The molecule has 0 spiro atoms. The van der Waals surface area contributed by atoms with Crippen LogP contribution in [0.1, 0.15) is 32.1 Å². The maximum atomic E-state index is 13.5. The Hall–Kier alpha value is -2.97. The number of halogens is 1. The van der Waals surface area contributed by atoms with E-state index >= 15 is 0 Å². The normalized spacial score (nSPS) is 14.6. The molecular formula is C24H23ClN2O5S. The molecule has 0 fully saturated rings. The van der Waals surface area contributed by atoms with Crippen LogP contribution in [0.15, 0.2) is 58.0 Å². The largest absolute Gasteiger partial charge is 0.459 e. The van der Waals surface area contributed by atoms with Crippen molar-refractivity contribution in [1.29, 1.82) is 0 Å². The van der Waals surface area contributed by atoms with Crippen molar-refractivity contribution in [1.82, 2.24) is 8.87 Å². The lowest BCUT2D eigenvalue weighted by Crippen LogP contribution is -2.39. The summed E-state index contributed by atoms with van der Waals surface area (Å²) < 4.78 is 39.7. The highest BCUT2D eigenvalue weighted by Gasteiger charge is 2.31. The topological polar surface area (TPSA) is 81.8 Å². The zero-order valence-electron chi connectivity index (χ0n) is 18.5. The summed E-state index contributed by atoms with van der Waals surface area (Å²) in [5.74, 6) is 0.702. The van der Waals surface area contributed by atoms with Gasteiger partial charge in [0.15, 0.2) is 5.58 Å². The third kappa shape index (κ3) is 3.77. The zero-order chi connectivity index (χ0) is 23.5. The molecule has 3 heterocycles. The Labute approximate surface area is 196 Å². The van der Waals surface area contributed by atoms with Crippen LogP contribution in [0.4, 0.5) is 4.79 Å². The number of rotatable bonds is 2. The Kier molecular flexibility index (Phi) is 4.99. The number of fused-ring (bicyclic) bond motifs is 4. The van der Waals surface area contributed by atoms with Crippen molar-refractivity contribution >= 4 is 49.6 Å². The summed E-state index contributed by atoms with van der Waals surface area (Å²) in [6.45, 7) is 6.14. The maximum Gasteiger partial charge on any atom is 0.410 e. The average Bonchev–Trinajstić information content (AvgIpc) is 3.34. The van der Waals surface area contributed by atoms with Crippen molar-refractivity contribution in [3.8, 4) is 0 Å². The minimum absolute atomic E-state index is 0.0549. The number of nitrogens with zero attached hydrogens (tertiary/aromatic N) is 2. The van der Waals surface area contributed by atoms with Crippen molar-refractivity contribution in [2.24, 2.45) is 0 Å². The van der Waals surface area contributed by atoms with Crippen molar-refractivity contribution in [3.63, 3.8) is 0 Å². The van der Waals surface area contributed by atoms with Crippen LogP contribution in [0, 0.1) is 0 Å². The van der Waals surface area contributed by atoms with Gasteiger partial charge in [0.05, 0.1) is 22.0 Å². The number of carbonyl (C=O) groups excluding carboxylic acids is 1. The molecule has 2 aromatic heterocycles. The first-order valence-electron chi connectivity index (χ1n) is 10.6. The standard InChI is InChI=1S/C24H23ClN2O5S/c1-24(2,3)32-23(28)26-10-9-21-18(14-26)17-12-16(13-19(25)22(17)31-21)33(29,30)27-11-8-15-6-4-5-7-20(15)27/h4-8,11-13H,9-10,14H2,1-3H3. The van der Waals surface area contributed by atoms with Gasteiger partial charge in [0.25, 0.3) is 10.0 Å². The molecule has 1 aliphatic rings. The lowest BCUT2D eigenvalue weighted by atomic mass is 10.1. The van der Waals surface area contributed by atoms with E-state index in [-0.39, 0.29) is 16.5 Å². The van der Waals surface area contributed by atoms with Crippen molar-refractivity contribution in [3.05, 3.63) is 65.0 Å². The summed E-state index contributed by atoms with van der Waals surface area (Å²) in [7, 11) is -3.91. The van der Waals surface area contributed by atoms with E-state index in [9.17, 15) is 13.2 Å². The molecule has 0 saturated carbocycles. The lowest BCUT2D eigenvalue weighted by Gasteiger charge is -2.29. The summed E-state index contributed by atoms with van der Waals surface area (Å²) in [5.41, 5.74) is 1.14. The number of aromatic nitrogens is 1. The van der Waals surface area contributed by atoms with Gasteiger partial charge in [-0.3, -0.25) is 0 Å². The Morgan fingerprint density at radius 2 is 1.91 bits per heavy atom. The highest BCUT2D eigenvalue weighted by molar-refractivity contribution is 7.90. The first kappa shape index (κ1) is 21.9. The van der Waals surface area contributed by atoms with Crippen LogP contribution in [0.5, 0.6) is 0 Å². The molecular weight excluding hydrogens is 464 g/mol. The smallest absolute Gasteiger partial charge is 0.410 e. The van der Waals surface area contributed by atoms with Crippen LogP contribution in [0.3, 0.4) is 0 Å². The fraction of sp³-hybridized carbons (Fsp3) is 0.292. The average molecular weight is 487 g/mol. The Bertz CT molecular complexity index is 1510. The molecule has 0 radical (unpaired) electrons. The van der Waals surface area contributed by atoms with Crippen LogP contribution in [0.25, 0.3) is 21.9 Å². The highest BCUT2D eigenvalue weighted by Crippen LogP contribution is 2.37. The number of hydrogen-bond donors (Lipinski definition) is 0. The van der Waals surface area contributed by atoms with Crippen molar-refractivity contribution < 1.29 is 22.4 Å². The fourth-order valence-electron chi connectivity index (χ4n) is 4.13. The third-order valence-electron chi connectivity index (χ3n) is 5.63. The molecule has 1 aliphatic heterocycles. The number of para-hydroxylation sites is 1. The molecule has 4 aromatic rings. The second-order valence-corrected chi connectivity index (χ2v) is 11.3. The number of hydrogen-bond acceptors (Lipinski definition) is 5. The molecule has 0 saturated heterocycles. The van der Waals surface area contributed by atoms with E-state index in [2.05, 4.69) is 0 Å². The second-order valence-electron chi connectivity index (χ2n) is 9.11. The van der Waals surface area contributed by atoms with Gasteiger partial charge in [-0.25, -0.2) is 17.2 Å². The summed E-state index contributed by atoms with van der Waals surface area (Å²) in [5, 5.41) is 1.61. The predicted octanol–water partition coefficient (Wildman–Crippen LogP) is 5.57. The predicted molar refractivity (Wildman–Crippen MR) is 126 cm³/mol. The van der Waals surface area contributed by atoms with E-state index in [4.69, 9.17) is 20.8 Å². The molecule has 5 rings (SSSR count). The second kappa shape index (κ2) is 7.53. The number of benzene rings is 2. The maximum absolute atomic E-state index is 13.5. The van der Waals surface area contributed by atoms with E-state index in [0.717, 1.165) is 10.9 Å². The van der Waals surface area contributed by atoms with Crippen molar-refractivity contribution in [2.75, 3.05) is 6.54 Å². The van der Waals surface area contributed by atoms with Gasteiger partial charge in [-0.2, -0.15) is 0 Å². The molecule has 0 unspecified atom stereocenters. The van der Waals surface area contributed by atoms with E-state index in [1.54, 1.807) is 29.2 Å². The molecule has 0 atom stereocenters. The van der Waals surface area contributed by atoms with Gasteiger partial charge in [0, 0.05) is 35.5 Å². The molecule has 0 N–H and O–H groups in total. The minimum Gasteiger partial charge on any atom is -0.459 e. The molecule has 0 bridgehead atoms. The van der Waals surface area contributed by atoms with Crippen molar-refractivity contribution in [2.45, 2.75) is 44.2 Å². The summed E-state index contributed by atoms with van der Waals surface area (Å²) >= 11 is 6.48. The monoisotopic (exact) mass is 486 g/mol. The van der Waals surface area contributed by atoms with Gasteiger partial charge < -0.3 is 14.1 Å². The van der Waals surface area contributed by atoms with Crippen LogP contribution < -0.4 is 0 Å². The van der Waals surface area contributed by atoms with E-state index in [0.29, 0.717) is 35.2 Å². The Balaban J connectivity index is 1.58. The summed E-state index contributed by atoms with van der Waals surface area (Å²) in [6, 6.07) is 12.0. The fourth-order valence-corrected chi connectivity index (χ4v) is 5.85. The molecule has 0 aliphatic carbocycles. The van der Waals surface area contributed by atoms with Crippen LogP contribution in [0.2, 0.25) is 5.02 Å². The molecule has 172 valence electrons. The Morgan fingerprint density at radius 3 is 2.67 bits per heavy atom. The highest BCUT2D eigenvalue weighted by atomic mass is 35.5. The van der Waals surface area contributed by atoms with Gasteiger partial charge in [0.1, 0.15) is 11.4 Å². The van der Waals surface area contributed by atoms with Crippen LogP contribution in [-0.4, -0.2) is 35.5 Å². The Morgan fingerprint density at radius 1 is 1.15 bits per heavy atom. The molecule has 1 amide bonds. The van der Waals surface area contributed by atoms with Gasteiger partial charge >= 0.3 is 6.09 Å². The first-order valence-corrected chi connectivity index (χ1v) is 12.4. The molecule has 33 heavy (non-hydrogen) atoms. The van der Waals surface area contributed by atoms with Gasteiger partial charge in [-0.05, 0) is 45.0 Å². The molecule has 9 heteroatoms. The van der Waals surface area contributed by atoms with E-state index in [1.165, 1.54) is 16.2 Å². The zero-order valence-corrected chi connectivity index (χ0v) is 20.0. The van der Waals surface area contributed by atoms with Gasteiger partial charge in [-0.1, -0.05) is 29.8 Å². The number of ether oxygens (including phenoxy) is 1. The number of amides is 1. The third-order valence-corrected chi connectivity index (χ3v) is 7.58. The number of carbonyl (C=O) groups is 1. The summed E-state index contributed by atoms with van der Waals surface area (Å²) in [4.78, 5) is 14.3. The van der Waals surface area contributed by atoms with E-state index in [1.807, 2.05) is 32.9 Å². The molecule has 2 aromatic carbocycles. The number of furan rings is 1. The SMILES string of the molecule is CC(C)(C)OC(=O)N1CCc2oc3c(Cl)cc(S(=O)(=O)n4ccc5ccccc54)cc3c2C1. The van der Waals surface area contributed by atoms with Gasteiger partial charge in [-0.15, -0.1) is 0 Å². The quantitative estimate of drug-likeness (QED) is 0.370. The first-order chi connectivity index (χ1) is 15.5. The van der Waals surface area contributed by atoms with Crippen LogP contribution in [-0.2, 0) is 27.7 Å². The minimum atomic E-state index is -3.91. The van der Waals surface area contributed by atoms with Crippen LogP contribution >= 0.6 is 11.6 Å². The lowest BCUT2D eigenvalue weighted by molar-refractivity contribution is 0.0220. The summed E-state index contributed by atoms with van der Waals surface area (Å²) in [6.07, 6.45) is 1.60.